The molecule has 2 N–H and O–H groups in total. The number of aliphatic hydroxyl groups is 1. The number of allylic oxidation sites excluding steroid dienone is 1. The number of carbonyl (C=O) groups excluding carboxylic acids is 2. The summed E-state index contributed by atoms with van der Waals surface area (Å²) in [6.45, 7) is 3.73. The highest BCUT2D eigenvalue weighted by Crippen LogP contribution is 2.05. The maximum atomic E-state index is 11.6. The molecule has 0 aromatic rings. The van der Waals surface area contributed by atoms with Gasteiger partial charge in [0.2, 0.25) is 5.91 Å². The van der Waals surface area contributed by atoms with Crippen molar-refractivity contribution in [2.75, 3.05) is 7.11 Å². The zero-order valence-electron chi connectivity index (χ0n) is 13.4. The van der Waals surface area contributed by atoms with Gasteiger partial charge in [0, 0.05) is 0 Å². The Labute approximate surface area is 127 Å². The summed E-state index contributed by atoms with van der Waals surface area (Å²) >= 11 is 0. The van der Waals surface area contributed by atoms with Gasteiger partial charge in [0.15, 0.2) is 0 Å². The van der Waals surface area contributed by atoms with Gasteiger partial charge in [-0.15, -0.1) is 0 Å². The Hall–Kier alpha value is -1.36. The molecule has 122 valence electrons. The first-order valence-corrected chi connectivity index (χ1v) is 7.71. The van der Waals surface area contributed by atoms with Crippen LogP contribution in [0.15, 0.2) is 12.2 Å². The first-order chi connectivity index (χ1) is 10.0. The van der Waals surface area contributed by atoms with Crippen LogP contribution in [-0.2, 0) is 14.3 Å². The molecule has 0 aliphatic carbocycles. The lowest BCUT2D eigenvalue weighted by Crippen LogP contribution is -2.40. The fourth-order valence-electron chi connectivity index (χ4n) is 1.89. The van der Waals surface area contributed by atoms with E-state index in [-0.39, 0.29) is 12.3 Å². The van der Waals surface area contributed by atoms with Gasteiger partial charge >= 0.3 is 5.97 Å². The minimum Gasteiger partial charge on any atom is -0.467 e. The van der Waals surface area contributed by atoms with Crippen molar-refractivity contribution in [2.24, 2.45) is 0 Å². The van der Waals surface area contributed by atoms with Gasteiger partial charge in [0.05, 0.1) is 19.6 Å². The van der Waals surface area contributed by atoms with E-state index in [4.69, 9.17) is 0 Å². The molecule has 0 spiro atoms. The van der Waals surface area contributed by atoms with Crippen molar-refractivity contribution in [1.82, 2.24) is 5.32 Å². The third kappa shape index (κ3) is 11.0. The van der Waals surface area contributed by atoms with E-state index < -0.39 is 18.1 Å². The molecule has 0 radical (unpaired) electrons. The minimum atomic E-state index is -0.721. The number of unbranched alkanes of at least 4 members (excludes halogenated alkanes) is 4. The predicted molar refractivity (Wildman–Crippen MR) is 82.8 cm³/mol. The molecule has 21 heavy (non-hydrogen) atoms. The largest absolute Gasteiger partial charge is 0.467 e. The summed E-state index contributed by atoms with van der Waals surface area (Å²) in [6.07, 6.45) is 9.57. The number of carbonyl (C=O) groups is 2. The Kier molecular flexibility index (Phi) is 11.6. The predicted octanol–water partition coefficient (Wildman–Crippen LogP) is 2.33. The standard InChI is InChI=1S/C16H29NO4/c1-4-5-6-7-8-9-10-11-14(18)12-15(19)17-13(2)16(20)21-3/h9-10,13-14,18H,4-8,11-12H2,1-3H3,(H,17,19)/b10-9+. The number of amides is 1. The highest BCUT2D eigenvalue weighted by molar-refractivity contribution is 5.84. The van der Waals surface area contributed by atoms with Crippen LogP contribution >= 0.6 is 0 Å². The summed E-state index contributed by atoms with van der Waals surface area (Å²) in [4.78, 5) is 22.7. The Morgan fingerprint density at radius 3 is 2.57 bits per heavy atom. The molecule has 0 fully saturated rings. The average molecular weight is 299 g/mol. The fraction of sp³-hybridized carbons (Fsp3) is 0.750. The number of nitrogens with one attached hydrogen (secondary N) is 1. The van der Waals surface area contributed by atoms with E-state index in [1.54, 1.807) is 6.92 Å². The van der Waals surface area contributed by atoms with Gasteiger partial charge in [-0.3, -0.25) is 4.79 Å². The zero-order valence-corrected chi connectivity index (χ0v) is 13.4. The van der Waals surface area contributed by atoms with E-state index >= 15 is 0 Å². The Morgan fingerprint density at radius 2 is 1.95 bits per heavy atom. The SMILES string of the molecule is CCCCCC/C=C/CC(O)CC(=O)NC(C)C(=O)OC. The number of rotatable bonds is 11. The van der Waals surface area contributed by atoms with Crippen LogP contribution in [0.5, 0.6) is 0 Å². The van der Waals surface area contributed by atoms with Gasteiger partial charge in [-0.05, 0) is 26.2 Å². The van der Waals surface area contributed by atoms with Crippen molar-refractivity contribution < 1.29 is 19.4 Å². The quantitative estimate of drug-likeness (QED) is 0.349. The summed E-state index contributed by atoms with van der Waals surface area (Å²) in [7, 11) is 1.27. The molecule has 2 atom stereocenters. The van der Waals surface area contributed by atoms with E-state index in [2.05, 4.69) is 17.0 Å². The van der Waals surface area contributed by atoms with Crippen LogP contribution in [0.4, 0.5) is 0 Å². The lowest BCUT2D eigenvalue weighted by molar-refractivity contribution is -0.144. The van der Waals surface area contributed by atoms with Gasteiger partial charge in [-0.1, -0.05) is 38.3 Å². The highest BCUT2D eigenvalue weighted by atomic mass is 16.5. The van der Waals surface area contributed by atoms with Crippen molar-refractivity contribution >= 4 is 11.9 Å². The zero-order chi connectivity index (χ0) is 16.1. The number of hydrogen-bond donors (Lipinski definition) is 2. The van der Waals surface area contributed by atoms with E-state index in [1.165, 1.54) is 26.4 Å². The van der Waals surface area contributed by atoms with Gasteiger partial charge in [0.25, 0.3) is 0 Å². The fourth-order valence-corrected chi connectivity index (χ4v) is 1.89. The Balaban J connectivity index is 3.77. The van der Waals surface area contributed by atoms with Crippen LogP contribution in [0, 0.1) is 0 Å². The van der Waals surface area contributed by atoms with Crippen LogP contribution in [0.1, 0.15) is 58.8 Å². The first-order valence-electron chi connectivity index (χ1n) is 7.71. The molecular weight excluding hydrogens is 270 g/mol. The molecule has 0 aliphatic heterocycles. The number of esters is 1. The minimum absolute atomic E-state index is 0.0124. The monoisotopic (exact) mass is 299 g/mol. The molecule has 5 heteroatoms. The molecule has 5 nitrogen and oxygen atoms in total. The average Bonchev–Trinajstić information content (AvgIpc) is 2.45. The second kappa shape index (κ2) is 12.4. The van der Waals surface area contributed by atoms with Gasteiger partial charge in [-0.2, -0.15) is 0 Å². The maximum absolute atomic E-state index is 11.6. The molecule has 1 amide bonds. The molecule has 0 saturated heterocycles. The molecule has 0 bridgehead atoms. The molecule has 2 unspecified atom stereocenters. The Morgan fingerprint density at radius 1 is 1.24 bits per heavy atom. The summed E-state index contributed by atoms with van der Waals surface area (Å²) in [5.41, 5.74) is 0. The smallest absolute Gasteiger partial charge is 0.328 e. The van der Waals surface area contributed by atoms with E-state index in [9.17, 15) is 14.7 Å². The Bertz CT molecular complexity index is 328. The van der Waals surface area contributed by atoms with E-state index in [0.717, 1.165) is 12.8 Å². The van der Waals surface area contributed by atoms with Gasteiger partial charge in [0.1, 0.15) is 6.04 Å². The van der Waals surface area contributed by atoms with Crippen molar-refractivity contribution in [3.8, 4) is 0 Å². The molecule has 0 heterocycles. The normalized spacial score (nSPS) is 13.9. The first kappa shape index (κ1) is 19.6. The van der Waals surface area contributed by atoms with E-state index in [0.29, 0.717) is 6.42 Å². The summed E-state index contributed by atoms with van der Waals surface area (Å²) in [5, 5.41) is 12.2. The third-order valence-corrected chi connectivity index (χ3v) is 3.15. The number of hydrogen-bond acceptors (Lipinski definition) is 4. The topological polar surface area (TPSA) is 75.6 Å². The van der Waals surface area contributed by atoms with Crippen molar-refractivity contribution in [3.05, 3.63) is 12.2 Å². The lowest BCUT2D eigenvalue weighted by Gasteiger charge is -2.13. The summed E-state index contributed by atoms with van der Waals surface area (Å²) in [5.74, 6) is -0.846. The number of methoxy groups -OCH3 is 1. The molecule has 0 rings (SSSR count). The molecule has 0 saturated carbocycles. The second-order valence-electron chi connectivity index (χ2n) is 5.23. The van der Waals surface area contributed by atoms with Gasteiger partial charge in [-0.25, -0.2) is 4.79 Å². The molecule has 0 aliphatic rings. The van der Waals surface area contributed by atoms with Crippen LogP contribution in [-0.4, -0.2) is 36.2 Å². The summed E-state index contributed by atoms with van der Waals surface area (Å²) < 4.78 is 4.51. The van der Waals surface area contributed by atoms with Crippen LogP contribution < -0.4 is 5.32 Å². The maximum Gasteiger partial charge on any atom is 0.328 e. The van der Waals surface area contributed by atoms with Crippen molar-refractivity contribution in [3.63, 3.8) is 0 Å². The lowest BCUT2D eigenvalue weighted by atomic mass is 10.1. The van der Waals surface area contributed by atoms with Crippen molar-refractivity contribution in [1.29, 1.82) is 0 Å². The summed E-state index contributed by atoms with van der Waals surface area (Å²) in [6, 6.07) is -0.691. The van der Waals surface area contributed by atoms with E-state index in [1.807, 2.05) is 12.2 Å². The van der Waals surface area contributed by atoms with Crippen LogP contribution in [0.3, 0.4) is 0 Å². The van der Waals surface area contributed by atoms with Crippen molar-refractivity contribution in [2.45, 2.75) is 70.9 Å². The van der Waals surface area contributed by atoms with Gasteiger partial charge < -0.3 is 15.2 Å². The van der Waals surface area contributed by atoms with Crippen LogP contribution in [0.25, 0.3) is 0 Å². The third-order valence-electron chi connectivity index (χ3n) is 3.15. The highest BCUT2D eigenvalue weighted by Gasteiger charge is 2.17. The second-order valence-corrected chi connectivity index (χ2v) is 5.23. The van der Waals surface area contributed by atoms with Crippen LogP contribution in [0.2, 0.25) is 0 Å². The molecular formula is C16H29NO4. The number of ether oxygens (including phenoxy) is 1. The molecule has 0 aromatic heterocycles. The molecule has 0 aromatic carbocycles. The number of aliphatic hydroxyl groups excluding tert-OH is 1.